The average molecular weight is 545 g/mol. The molecule has 3 aromatic rings. The van der Waals surface area contributed by atoms with Crippen LogP contribution in [0.5, 0.6) is 0 Å². The van der Waals surface area contributed by atoms with Crippen molar-refractivity contribution in [3.05, 3.63) is 108 Å². The van der Waals surface area contributed by atoms with E-state index in [1.807, 2.05) is 66.7 Å². The Hall–Kier alpha value is -4.26. The summed E-state index contributed by atoms with van der Waals surface area (Å²) < 4.78 is 16.1. The Bertz CT molecular complexity index is 1130. The summed E-state index contributed by atoms with van der Waals surface area (Å²) in [5.74, 6) is -1.66. The molecule has 0 saturated carbocycles. The molecule has 0 spiro atoms. The number of hydrogen-bond donors (Lipinski definition) is 0. The van der Waals surface area contributed by atoms with Crippen LogP contribution in [0.2, 0.25) is 0 Å². The normalized spacial score (nSPS) is 10.6. The lowest BCUT2D eigenvalue weighted by atomic mass is 10.1. The van der Waals surface area contributed by atoms with Gasteiger partial charge in [0.05, 0.1) is 6.42 Å². The number of Topliss-reactive ketones (excluding diaryl/α,β-unsaturated/α-hetero) is 1. The van der Waals surface area contributed by atoms with Crippen LogP contribution in [0.15, 0.2) is 91.0 Å². The van der Waals surface area contributed by atoms with E-state index in [-0.39, 0.29) is 44.7 Å². The average Bonchev–Trinajstić information content (AvgIpc) is 2.99. The second-order valence-electron chi connectivity index (χ2n) is 9.45. The van der Waals surface area contributed by atoms with Crippen molar-refractivity contribution in [1.82, 2.24) is 0 Å². The molecule has 0 unspecified atom stereocenters. The minimum Gasteiger partial charge on any atom is -0.462 e. The molecular formula is C33H36O7. The lowest BCUT2D eigenvalue weighted by molar-refractivity contribution is -0.166. The highest BCUT2D eigenvalue weighted by Crippen LogP contribution is 2.10. The highest BCUT2D eigenvalue weighted by molar-refractivity contribution is 5.97. The van der Waals surface area contributed by atoms with E-state index in [1.165, 1.54) is 0 Å². The maximum atomic E-state index is 12.5. The van der Waals surface area contributed by atoms with Crippen molar-refractivity contribution in [2.75, 3.05) is 13.2 Å². The molecule has 0 aliphatic rings. The zero-order valence-electron chi connectivity index (χ0n) is 22.7. The summed E-state index contributed by atoms with van der Waals surface area (Å²) in [6.45, 7) is -0.473. The van der Waals surface area contributed by atoms with Crippen LogP contribution in [-0.4, -0.2) is 43.0 Å². The molecule has 7 nitrogen and oxygen atoms in total. The Morgan fingerprint density at radius 3 is 1.45 bits per heavy atom. The van der Waals surface area contributed by atoms with Gasteiger partial charge in [-0.3, -0.25) is 19.2 Å². The van der Waals surface area contributed by atoms with Crippen LogP contribution in [0.4, 0.5) is 0 Å². The lowest BCUT2D eigenvalue weighted by Crippen LogP contribution is -2.31. The fraction of sp³-hybridized carbons (Fsp3) is 0.333. The minimum absolute atomic E-state index is 0.0197. The third-order valence-electron chi connectivity index (χ3n) is 6.19. The van der Waals surface area contributed by atoms with E-state index in [0.717, 1.165) is 24.0 Å². The van der Waals surface area contributed by atoms with Crippen LogP contribution < -0.4 is 0 Å². The summed E-state index contributed by atoms with van der Waals surface area (Å²) in [6, 6.07) is 28.3. The largest absolute Gasteiger partial charge is 0.462 e. The van der Waals surface area contributed by atoms with E-state index in [2.05, 4.69) is 0 Å². The third kappa shape index (κ3) is 12.1. The summed E-state index contributed by atoms with van der Waals surface area (Å²) in [7, 11) is 0. The van der Waals surface area contributed by atoms with Gasteiger partial charge in [0.15, 0.2) is 11.9 Å². The number of rotatable bonds is 17. The van der Waals surface area contributed by atoms with Gasteiger partial charge in [0.2, 0.25) is 0 Å². The molecule has 0 N–H and O–H groups in total. The topological polar surface area (TPSA) is 96.0 Å². The predicted octanol–water partition coefficient (Wildman–Crippen LogP) is 5.69. The van der Waals surface area contributed by atoms with Crippen LogP contribution in [0.3, 0.4) is 0 Å². The highest BCUT2D eigenvalue weighted by Gasteiger charge is 2.20. The van der Waals surface area contributed by atoms with E-state index < -0.39 is 24.0 Å². The SMILES string of the molecule is O=C(CCCc1ccccc1)OCC(COC(=O)CCCc1ccccc1)OC(=O)CCC(=O)c1ccccc1. The Morgan fingerprint density at radius 2 is 0.975 bits per heavy atom. The first kappa shape index (κ1) is 30.3. The van der Waals surface area contributed by atoms with Gasteiger partial charge in [0.1, 0.15) is 13.2 Å². The van der Waals surface area contributed by atoms with Crippen molar-refractivity contribution in [3.8, 4) is 0 Å². The van der Waals surface area contributed by atoms with E-state index in [9.17, 15) is 19.2 Å². The first-order valence-electron chi connectivity index (χ1n) is 13.7. The van der Waals surface area contributed by atoms with Crippen molar-refractivity contribution < 1.29 is 33.4 Å². The van der Waals surface area contributed by atoms with E-state index in [4.69, 9.17) is 14.2 Å². The smallest absolute Gasteiger partial charge is 0.306 e. The second kappa shape index (κ2) is 17.4. The quantitative estimate of drug-likeness (QED) is 0.122. The first-order chi connectivity index (χ1) is 19.5. The van der Waals surface area contributed by atoms with Gasteiger partial charge in [-0.05, 0) is 36.8 Å². The number of ether oxygens (including phenoxy) is 3. The van der Waals surface area contributed by atoms with Crippen LogP contribution >= 0.6 is 0 Å². The monoisotopic (exact) mass is 544 g/mol. The second-order valence-corrected chi connectivity index (χ2v) is 9.45. The molecule has 7 heteroatoms. The molecule has 0 bridgehead atoms. The highest BCUT2D eigenvalue weighted by atomic mass is 16.6. The molecule has 0 aliphatic heterocycles. The number of benzene rings is 3. The van der Waals surface area contributed by atoms with Crippen LogP contribution in [0.1, 0.15) is 60.0 Å². The molecule has 0 saturated heterocycles. The Kier molecular flexibility index (Phi) is 13.1. The molecule has 0 atom stereocenters. The van der Waals surface area contributed by atoms with Crippen molar-refractivity contribution >= 4 is 23.7 Å². The molecule has 210 valence electrons. The third-order valence-corrected chi connectivity index (χ3v) is 6.19. The van der Waals surface area contributed by atoms with Crippen molar-refractivity contribution in [1.29, 1.82) is 0 Å². The van der Waals surface area contributed by atoms with Gasteiger partial charge in [-0.1, -0.05) is 91.0 Å². The molecule has 3 rings (SSSR count). The number of hydrogen-bond acceptors (Lipinski definition) is 7. The molecule has 0 amide bonds. The first-order valence-corrected chi connectivity index (χ1v) is 13.7. The molecule has 0 aliphatic carbocycles. The molecule has 0 radical (unpaired) electrons. The zero-order valence-corrected chi connectivity index (χ0v) is 22.7. The minimum atomic E-state index is -0.963. The van der Waals surface area contributed by atoms with Crippen LogP contribution in [0, 0.1) is 0 Å². The van der Waals surface area contributed by atoms with Gasteiger partial charge in [-0.15, -0.1) is 0 Å². The van der Waals surface area contributed by atoms with Gasteiger partial charge in [0, 0.05) is 24.8 Å². The Morgan fingerprint density at radius 1 is 0.525 bits per heavy atom. The number of carbonyl (C=O) groups excluding carboxylic acids is 4. The van der Waals surface area contributed by atoms with E-state index in [1.54, 1.807) is 24.3 Å². The lowest BCUT2D eigenvalue weighted by Gasteiger charge is -2.18. The maximum absolute atomic E-state index is 12.5. The standard InChI is InChI=1S/C33H36O7/c34-30(28-18-8-3-9-19-28)22-23-33(37)40-29(24-38-31(35)20-10-16-26-12-4-1-5-13-26)25-39-32(36)21-11-17-27-14-6-2-7-15-27/h1-9,12-15,18-19,29H,10-11,16-17,20-25H2. The summed E-state index contributed by atoms with van der Waals surface area (Å²) in [6.07, 6.45) is 2.01. The van der Waals surface area contributed by atoms with Gasteiger partial charge in [-0.2, -0.15) is 0 Å². The number of ketones is 1. The molecule has 3 aromatic carbocycles. The van der Waals surface area contributed by atoms with Crippen molar-refractivity contribution in [2.24, 2.45) is 0 Å². The van der Waals surface area contributed by atoms with Gasteiger partial charge >= 0.3 is 17.9 Å². The summed E-state index contributed by atoms with van der Waals surface area (Å²) >= 11 is 0. The molecular weight excluding hydrogens is 508 g/mol. The molecule has 40 heavy (non-hydrogen) atoms. The number of esters is 3. The van der Waals surface area contributed by atoms with Gasteiger partial charge < -0.3 is 14.2 Å². The van der Waals surface area contributed by atoms with Crippen LogP contribution in [-0.2, 0) is 41.4 Å². The fourth-order valence-corrected chi connectivity index (χ4v) is 4.02. The number of aryl methyl sites for hydroxylation is 2. The zero-order chi connectivity index (χ0) is 28.4. The van der Waals surface area contributed by atoms with E-state index >= 15 is 0 Å². The van der Waals surface area contributed by atoms with Crippen molar-refractivity contribution in [3.63, 3.8) is 0 Å². The maximum Gasteiger partial charge on any atom is 0.306 e. The molecule has 0 heterocycles. The van der Waals surface area contributed by atoms with Gasteiger partial charge in [-0.25, -0.2) is 0 Å². The molecule has 0 fully saturated rings. The predicted molar refractivity (Wildman–Crippen MR) is 151 cm³/mol. The summed E-state index contributed by atoms with van der Waals surface area (Å²) in [5.41, 5.74) is 2.78. The summed E-state index contributed by atoms with van der Waals surface area (Å²) in [5, 5.41) is 0. The van der Waals surface area contributed by atoms with E-state index in [0.29, 0.717) is 18.4 Å². The Balaban J connectivity index is 1.44. The summed E-state index contributed by atoms with van der Waals surface area (Å²) in [4.78, 5) is 49.4. The number of carbonyl (C=O) groups is 4. The fourth-order valence-electron chi connectivity index (χ4n) is 4.02. The van der Waals surface area contributed by atoms with Crippen molar-refractivity contribution in [2.45, 2.75) is 57.5 Å². The van der Waals surface area contributed by atoms with Crippen LogP contribution in [0.25, 0.3) is 0 Å². The van der Waals surface area contributed by atoms with Gasteiger partial charge in [0.25, 0.3) is 0 Å². The Labute approximate surface area is 235 Å². The molecule has 0 aromatic heterocycles.